The number of carbonyl (C=O) groups is 3. The fourth-order valence-electron chi connectivity index (χ4n) is 13.5. The molecule has 21 unspecified atom stereocenters. The average Bonchev–Trinajstić information content (AvgIpc) is 1.74. The number of aliphatic hydroxyl groups excluding tert-OH is 6. The van der Waals surface area contributed by atoms with Crippen molar-refractivity contribution in [1.82, 2.24) is 5.32 Å². The zero-order valence-corrected chi connectivity index (χ0v) is 56.7. The van der Waals surface area contributed by atoms with Crippen molar-refractivity contribution in [1.29, 1.82) is 0 Å². The summed E-state index contributed by atoms with van der Waals surface area (Å²) in [5.74, 6) is -4.87. The Balaban J connectivity index is 0.779. The van der Waals surface area contributed by atoms with Gasteiger partial charge in [0.1, 0.15) is 49.8 Å². The molecule has 0 saturated carbocycles. The molecule has 6 fully saturated rings. The maximum Gasteiger partial charge on any atom is 0.397 e. The van der Waals surface area contributed by atoms with Crippen molar-refractivity contribution in [2.75, 3.05) is 33.0 Å². The average molecular weight is 1390 g/mol. The first-order valence-electron chi connectivity index (χ1n) is 33.0. The van der Waals surface area contributed by atoms with Gasteiger partial charge in [-0.1, -0.05) is 69.4 Å². The molecule has 1 amide bonds. The molecule has 0 bridgehead atoms. The minimum absolute atomic E-state index is 0.0113. The third-order valence-electron chi connectivity index (χ3n) is 18.7. The van der Waals surface area contributed by atoms with Gasteiger partial charge in [0.2, 0.25) is 11.7 Å². The zero-order chi connectivity index (χ0) is 69.7. The lowest BCUT2D eigenvalue weighted by Gasteiger charge is -2.50. The van der Waals surface area contributed by atoms with Gasteiger partial charge < -0.3 is 83.7 Å². The molecule has 21 atom stereocenters. The molecular formula is C65H101NO27S2. The van der Waals surface area contributed by atoms with Crippen molar-refractivity contribution < 1.29 is 127 Å². The third-order valence-corrected chi connectivity index (χ3v) is 19.6. The standard InChI is InChI=1S/C65H101NO27S2/c1-39(15-11-13-29-83-55(73)17-10-8-9-16-54(72)66-36-45(67)33-49(69)59(93-95(80,81)82)50(70)38-86-94(77,78)79)37-84-61(75)62(7,76)35-47-20-21-53(71)65(89-47)34-40(2)31-52(90-65)41(3)18-19-46-23-27-64(88-46)28-24-51-60(92-64)56(74)44(6)58(87-51)48(68)32-43(5)57-42(4)22-26-63(91-57)25-12-14-30-85-63/h8,10-11,13,15,18-19,34,41-43,45-53,56-60,67-71,74,76H,6,9,12,14,16-17,20-33,35-38H2,1-5,7H3,(H,66,72)(H,77,78,79)(H,80,81,82)/b10-8+,13-11+,19-18+,39-15+/i36+1,45+1. The molecule has 10 N–H and O–H groups in total. The first-order chi connectivity index (χ1) is 44.6. The Hall–Kier alpha value is -3.97. The van der Waals surface area contributed by atoms with Gasteiger partial charge >= 0.3 is 32.7 Å². The van der Waals surface area contributed by atoms with E-state index in [4.69, 9.17) is 51.7 Å². The van der Waals surface area contributed by atoms with Crippen molar-refractivity contribution in [2.45, 2.75) is 266 Å². The van der Waals surface area contributed by atoms with Crippen molar-refractivity contribution in [3.63, 3.8) is 0 Å². The van der Waals surface area contributed by atoms with Crippen LogP contribution in [-0.2, 0) is 86.2 Å². The van der Waals surface area contributed by atoms with E-state index in [1.54, 1.807) is 37.3 Å². The number of hydrogen-bond acceptors (Lipinski definition) is 25. The summed E-state index contributed by atoms with van der Waals surface area (Å²) in [6, 6.07) is 0. The van der Waals surface area contributed by atoms with E-state index in [-0.39, 0.29) is 69.4 Å². The number of allylic oxidation sites excluding steroid dienone is 3. The molecule has 0 aromatic rings. The molecule has 6 saturated heterocycles. The first-order valence-corrected chi connectivity index (χ1v) is 35.7. The summed E-state index contributed by atoms with van der Waals surface area (Å²) in [6.45, 7) is 14.2. The van der Waals surface area contributed by atoms with Crippen molar-refractivity contribution in [3.05, 3.63) is 71.9 Å². The van der Waals surface area contributed by atoms with Gasteiger partial charge in [-0.05, 0) is 120 Å². The summed E-state index contributed by atoms with van der Waals surface area (Å²) in [5.41, 5.74) is -0.0416. The number of carbonyl (C=O) groups excluding carboxylic acids is 3. The second-order valence-electron chi connectivity index (χ2n) is 27.0. The number of esters is 2. The van der Waals surface area contributed by atoms with E-state index in [0.29, 0.717) is 68.6 Å². The zero-order valence-electron chi connectivity index (χ0n) is 55.1. The summed E-state index contributed by atoms with van der Waals surface area (Å²) in [7, 11) is -10.4. The van der Waals surface area contributed by atoms with Crippen LogP contribution in [0.4, 0.5) is 0 Å². The number of amides is 1. The second kappa shape index (κ2) is 34.4. The highest BCUT2D eigenvalue weighted by Crippen LogP contribution is 2.48. The summed E-state index contributed by atoms with van der Waals surface area (Å²) in [4.78, 5) is 37.8. The van der Waals surface area contributed by atoms with Crippen LogP contribution in [0, 0.1) is 17.8 Å². The van der Waals surface area contributed by atoms with Gasteiger partial charge in [0.25, 0.3) is 0 Å². The highest BCUT2D eigenvalue weighted by molar-refractivity contribution is 7.81. The number of hydrogen-bond donors (Lipinski definition) is 10. The predicted octanol–water partition coefficient (Wildman–Crippen LogP) is 4.04. The van der Waals surface area contributed by atoms with E-state index in [0.717, 1.165) is 37.7 Å². The molecule has 28 nitrogen and oxygen atoms in total. The van der Waals surface area contributed by atoms with Crippen LogP contribution in [0.25, 0.3) is 0 Å². The quantitative estimate of drug-likeness (QED) is 0.0154. The number of ether oxygens (including phenoxy) is 9. The van der Waals surface area contributed by atoms with Gasteiger partial charge in [0.05, 0.1) is 68.5 Å². The highest BCUT2D eigenvalue weighted by Gasteiger charge is 2.55. The van der Waals surface area contributed by atoms with E-state index >= 15 is 0 Å². The van der Waals surface area contributed by atoms with Crippen LogP contribution in [-0.4, -0.2) is 221 Å². The van der Waals surface area contributed by atoms with E-state index < -0.39 is 154 Å². The van der Waals surface area contributed by atoms with E-state index in [1.807, 2.05) is 26.0 Å². The number of aliphatic hydroxyl groups is 7. The van der Waals surface area contributed by atoms with Crippen LogP contribution in [0.1, 0.15) is 157 Å². The SMILES string of the molecule is C=C1C(O)C2OC3(CCC(/C=C/C(C)C4CC(C)=CC5(OC(CC(C)(O)C(=O)OC/C(C)=C/C=C/COC(=O)C/C=C/CCC(=O)N[13CH2][13CH](O)CC(O)C(OS(=O)(=O)O)C(O)COS(=O)(=O)O)CCC5O)O4)O3)CCC2OC1C(O)CC(C)C1OC2(CCCCO2)CCC1C. The van der Waals surface area contributed by atoms with Crippen LogP contribution in [0.2, 0.25) is 0 Å². The molecule has 7 rings (SSSR count). The first kappa shape index (κ1) is 78.4. The topological polar surface area (TPSA) is 415 Å². The van der Waals surface area contributed by atoms with Gasteiger partial charge in [0, 0.05) is 57.4 Å². The highest BCUT2D eigenvalue weighted by atomic mass is 32.3. The Labute approximate surface area is 556 Å². The molecule has 30 heteroatoms. The molecule has 95 heavy (non-hydrogen) atoms. The minimum Gasteiger partial charge on any atom is -0.461 e. The normalized spacial score (nSPS) is 33.9. The van der Waals surface area contributed by atoms with Gasteiger partial charge in [-0.15, -0.1) is 0 Å². The molecule has 7 aliphatic heterocycles. The largest absolute Gasteiger partial charge is 0.461 e. The monoisotopic (exact) mass is 1390 g/mol. The Morgan fingerprint density at radius 2 is 1.61 bits per heavy atom. The Bertz CT molecular complexity index is 2970. The lowest BCUT2D eigenvalue weighted by molar-refractivity contribution is -0.321. The summed E-state index contributed by atoms with van der Waals surface area (Å²) in [6.07, 6.45) is 7.02. The van der Waals surface area contributed by atoms with Crippen LogP contribution in [0.15, 0.2) is 71.9 Å². The molecule has 0 aromatic carbocycles. The van der Waals surface area contributed by atoms with E-state index in [9.17, 15) is 67.0 Å². The lowest BCUT2D eigenvalue weighted by atomic mass is 9.79. The Morgan fingerprint density at radius 1 is 0.874 bits per heavy atom. The van der Waals surface area contributed by atoms with Crippen LogP contribution in [0.3, 0.4) is 0 Å². The fraction of sp³-hybridized carbons (Fsp3) is 0.769. The van der Waals surface area contributed by atoms with Crippen molar-refractivity contribution in [3.8, 4) is 0 Å². The Kier molecular flexibility index (Phi) is 28.4. The molecule has 0 aliphatic carbocycles. The molecule has 3 spiro atoms. The smallest absolute Gasteiger partial charge is 0.397 e. The maximum absolute atomic E-state index is 13.3. The summed E-state index contributed by atoms with van der Waals surface area (Å²) < 4.78 is 126. The molecular weight excluding hydrogens is 1290 g/mol. The van der Waals surface area contributed by atoms with Gasteiger partial charge in [0.15, 0.2) is 17.2 Å². The molecule has 7 aliphatic rings. The van der Waals surface area contributed by atoms with Crippen molar-refractivity contribution >= 4 is 38.6 Å². The van der Waals surface area contributed by atoms with Gasteiger partial charge in [-0.2, -0.15) is 16.8 Å². The Morgan fingerprint density at radius 3 is 2.33 bits per heavy atom. The second-order valence-corrected chi connectivity index (χ2v) is 29.1. The lowest BCUT2D eigenvalue weighted by Crippen LogP contribution is -2.60. The minimum atomic E-state index is -5.31. The molecule has 0 radical (unpaired) electrons. The number of nitrogens with one attached hydrogen (secondary N) is 1. The summed E-state index contributed by atoms with van der Waals surface area (Å²) in [5, 5.41) is 79.1. The molecule has 7 heterocycles. The van der Waals surface area contributed by atoms with E-state index in [2.05, 4.69) is 34.1 Å². The molecule has 540 valence electrons. The van der Waals surface area contributed by atoms with E-state index in [1.165, 1.54) is 13.0 Å². The van der Waals surface area contributed by atoms with Crippen LogP contribution >= 0.6 is 0 Å². The van der Waals surface area contributed by atoms with Crippen LogP contribution in [0.5, 0.6) is 0 Å². The number of rotatable bonds is 31. The van der Waals surface area contributed by atoms with Crippen molar-refractivity contribution in [2.24, 2.45) is 17.8 Å². The fourth-order valence-corrected chi connectivity index (χ4v) is 14.4. The van der Waals surface area contributed by atoms with Gasteiger partial charge in [-0.3, -0.25) is 18.7 Å². The third kappa shape index (κ3) is 23.0. The summed E-state index contributed by atoms with van der Waals surface area (Å²) >= 11 is 0. The maximum atomic E-state index is 13.3. The van der Waals surface area contributed by atoms with Crippen LogP contribution < -0.4 is 5.32 Å². The van der Waals surface area contributed by atoms with Gasteiger partial charge in [-0.25, -0.2) is 13.2 Å². The number of fused-ring (bicyclic) bond motifs is 1. The molecule has 0 aromatic heterocycles. The predicted molar refractivity (Wildman–Crippen MR) is 337 cm³/mol.